The van der Waals surface area contributed by atoms with Gasteiger partial charge in [-0.05, 0) is 50.9 Å². The van der Waals surface area contributed by atoms with Gasteiger partial charge in [-0.2, -0.15) is 5.10 Å². The smallest absolute Gasteiger partial charge is 0.322 e. The molecule has 0 unspecified atom stereocenters. The summed E-state index contributed by atoms with van der Waals surface area (Å²) < 4.78 is 17.1. The Kier molecular flexibility index (Phi) is 5.80. The van der Waals surface area contributed by atoms with Crippen molar-refractivity contribution in [3.63, 3.8) is 0 Å². The van der Waals surface area contributed by atoms with Crippen LogP contribution >= 0.6 is 0 Å². The molecule has 156 valence electrons. The lowest BCUT2D eigenvalue weighted by Crippen LogP contribution is -2.39. The number of benzene rings is 1. The largest absolute Gasteiger partial charge is 0.345 e. The van der Waals surface area contributed by atoms with E-state index in [4.69, 9.17) is 0 Å². The van der Waals surface area contributed by atoms with E-state index in [1.165, 1.54) is 23.6 Å². The van der Waals surface area contributed by atoms with Gasteiger partial charge in [0.25, 0.3) is 0 Å². The molecule has 1 aliphatic heterocycles. The second-order valence-electron chi connectivity index (χ2n) is 8.15. The Morgan fingerprint density at radius 2 is 1.86 bits per heavy atom. The molecule has 2 aliphatic rings. The first-order valence-corrected chi connectivity index (χ1v) is 10.4. The third kappa shape index (κ3) is 4.27. The Morgan fingerprint density at radius 3 is 2.55 bits per heavy atom. The lowest BCUT2D eigenvalue weighted by atomic mass is 9.95. The number of hydrogen-bond acceptors (Lipinski definition) is 4. The summed E-state index contributed by atoms with van der Waals surface area (Å²) in [6, 6.07) is 6.45. The van der Waals surface area contributed by atoms with Gasteiger partial charge in [-0.3, -0.25) is 14.3 Å². The second-order valence-corrected chi connectivity index (χ2v) is 8.15. The Balaban J connectivity index is 1.36. The number of nitrogens with zero attached hydrogens (tertiary/aromatic N) is 4. The highest BCUT2D eigenvalue weighted by Crippen LogP contribution is 2.33. The van der Waals surface area contributed by atoms with Gasteiger partial charge in [-0.1, -0.05) is 25.0 Å². The van der Waals surface area contributed by atoms with Crippen LogP contribution in [0.5, 0.6) is 0 Å². The Bertz CT molecular complexity index is 923. The molecule has 29 heavy (non-hydrogen) atoms. The van der Waals surface area contributed by atoms with E-state index in [0.717, 1.165) is 44.6 Å². The van der Waals surface area contributed by atoms with Gasteiger partial charge in [0.2, 0.25) is 5.91 Å². The molecule has 0 atom stereocenters. The van der Waals surface area contributed by atoms with Crippen molar-refractivity contribution < 1.29 is 9.18 Å². The minimum atomic E-state index is -0.431. The molecule has 1 aromatic heterocycles. The number of anilines is 1. The van der Waals surface area contributed by atoms with Gasteiger partial charge in [0, 0.05) is 19.0 Å². The van der Waals surface area contributed by atoms with Crippen molar-refractivity contribution in [2.75, 3.05) is 25.0 Å². The van der Waals surface area contributed by atoms with Crippen LogP contribution in [-0.2, 0) is 11.8 Å². The average molecular weight is 401 g/mol. The minimum absolute atomic E-state index is 0.0152. The van der Waals surface area contributed by atoms with E-state index in [0.29, 0.717) is 0 Å². The number of carbonyl (C=O) groups is 1. The summed E-state index contributed by atoms with van der Waals surface area (Å²) in [6.45, 7) is 1.74. The molecular formula is C21H28FN5O2. The minimum Gasteiger partial charge on any atom is -0.322 e. The van der Waals surface area contributed by atoms with Crippen molar-refractivity contribution in [3.8, 4) is 0 Å². The number of hydrogen-bond donors (Lipinski definition) is 1. The number of aryl methyl sites for hydroxylation is 1. The molecule has 1 saturated heterocycles. The highest BCUT2D eigenvalue weighted by Gasteiger charge is 2.30. The molecule has 1 amide bonds. The fourth-order valence-electron chi connectivity index (χ4n) is 4.59. The van der Waals surface area contributed by atoms with E-state index in [9.17, 15) is 14.0 Å². The monoisotopic (exact) mass is 401 g/mol. The molecule has 2 fully saturated rings. The maximum Gasteiger partial charge on any atom is 0.345 e. The Labute approximate surface area is 169 Å². The number of nitrogens with one attached hydrogen (secondary N) is 1. The summed E-state index contributed by atoms with van der Waals surface area (Å²) >= 11 is 0. The van der Waals surface area contributed by atoms with E-state index >= 15 is 0 Å². The first-order chi connectivity index (χ1) is 14.0. The van der Waals surface area contributed by atoms with Crippen molar-refractivity contribution >= 4 is 11.6 Å². The SMILES string of the molecule is Cn1nc(C2CCN(CC(=O)Nc3ccccc3F)CC2)n(C2CCCC2)c1=O. The predicted molar refractivity (Wildman–Crippen MR) is 108 cm³/mol. The topological polar surface area (TPSA) is 72.2 Å². The number of rotatable bonds is 5. The molecule has 1 N–H and O–H groups in total. The van der Waals surface area contributed by atoms with Crippen molar-refractivity contribution in [1.29, 1.82) is 0 Å². The van der Waals surface area contributed by atoms with E-state index in [-0.39, 0.29) is 35.8 Å². The lowest BCUT2D eigenvalue weighted by Gasteiger charge is -2.31. The molecule has 1 aliphatic carbocycles. The summed E-state index contributed by atoms with van der Waals surface area (Å²) in [6.07, 6.45) is 6.15. The number of piperidine rings is 1. The zero-order valence-corrected chi connectivity index (χ0v) is 16.8. The predicted octanol–water partition coefficient (Wildman–Crippen LogP) is 2.65. The van der Waals surface area contributed by atoms with Crippen LogP contribution in [0.4, 0.5) is 10.1 Å². The normalized spacial score (nSPS) is 19.0. The van der Waals surface area contributed by atoms with Gasteiger partial charge in [-0.15, -0.1) is 0 Å². The zero-order valence-electron chi connectivity index (χ0n) is 16.8. The molecule has 2 aromatic rings. The maximum absolute atomic E-state index is 13.7. The number of halogens is 1. The maximum atomic E-state index is 13.7. The second kappa shape index (κ2) is 8.49. The van der Waals surface area contributed by atoms with Crippen molar-refractivity contribution in [2.24, 2.45) is 7.05 Å². The molecule has 1 aromatic carbocycles. The number of carbonyl (C=O) groups excluding carboxylic acids is 1. The lowest BCUT2D eigenvalue weighted by molar-refractivity contribution is -0.117. The zero-order chi connectivity index (χ0) is 20.4. The highest BCUT2D eigenvalue weighted by molar-refractivity contribution is 5.92. The van der Waals surface area contributed by atoms with Gasteiger partial charge in [0.1, 0.15) is 11.6 Å². The summed E-state index contributed by atoms with van der Waals surface area (Å²) in [5.41, 5.74) is 0.194. The molecule has 8 heteroatoms. The van der Waals surface area contributed by atoms with Crippen LogP contribution in [0.2, 0.25) is 0 Å². The van der Waals surface area contributed by atoms with Crippen molar-refractivity contribution in [1.82, 2.24) is 19.2 Å². The Hall–Kier alpha value is -2.48. The van der Waals surface area contributed by atoms with Crippen LogP contribution in [0.15, 0.2) is 29.1 Å². The molecule has 4 rings (SSSR count). The molecule has 7 nitrogen and oxygen atoms in total. The van der Waals surface area contributed by atoms with E-state index in [2.05, 4.69) is 15.3 Å². The molecule has 1 saturated carbocycles. The van der Waals surface area contributed by atoms with Gasteiger partial charge in [0.05, 0.1) is 12.2 Å². The van der Waals surface area contributed by atoms with Crippen LogP contribution in [0.1, 0.15) is 56.3 Å². The molecule has 0 spiro atoms. The molecule has 2 heterocycles. The van der Waals surface area contributed by atoms with Gasteiger partial charge in [-0.25, -0.2) is 13.9 Å². The van der Waals surface area contributed by atoms with E-state index < -0.39 is 5.82 Å². The van der Waals surface area contributed by atoms with Crippen molar-refractivity contribution in [3.05, 3.63) is 46.4 Å². The van der Waals surface area contributed by atoms with Crippen molar-refractivity contribution in [2.45, 2.75) is 50.5 Å². The summed E-state index contributed by atoms with van der Waals surface area (Å²) in [5, 5.41) is 7.20. The summed E-state index contributed by atoms with van der Waals surface area (Å²) in [4.78, 5) is 27.0. The van der Waals surface area contributed by atoms with Crippen LogP contribution in [-0.4, -0.2) is 44.8 Å². The number of aromatic nitrogens is 3. The third-order valence-corrected chi connectivity index (χ3v) is 6.14. The summed E-state index contributed by atoms with van der Waals surface area (Å²) in [7, 11) is 1.72. The first-order valence-electron chi connectivity index (χ1n) is 10.4. The fraction of sp³-hybridized carbons (Fsp3) is 0.571. The van der Waals surface area contributed by atoms with Crippen LogP contribution in [0, 0.1) is 5.82 Å². The van der Waals surface area contributed by atoms with Crippen LogP contribution in [0.25, 0.3) is 0 Å². The van der Waals surface area contributed by atoms with Crippen LogP contribution in [0.3, 0.4) is 0 Å². The third-order valence-electron chi connectivity index (χ3n) is 6.14. The Morgan fingerprint density at radius 1 is 1.17 bits per heavy atom. The van der Waals surface area contributed by atoms with E-state index in [1.807, 2.05) is 4.57 Å². The average Bonchev–Trinajstić information content (AvgIpc) is 3.33. The number of amides is 1. The van der Waals surface area contributed by atoms with Gasteiger partial charge >= 0.3 is 5.69 Å². The molecular weight excluding hydrogens is 373 g/mol. The first kappa shape index (κ1) is 19.8. The van der Waals surface area contributed by atoms with Gasteiger partial charge in [0.15, 0.2) is 0 Å². The standard InChI is InChI=1S/C21H28FN5O2/c1-25-21(29)27(16-6-2-3-7-16)20(24-25)15-10-12-26(13-11-15)14-19(28)23-18-9-5-4-8-17(18)22/h4-5,8-9,15-16H,2-3,6-7,10-14H2,1H3,(H,23,28). The quantitative estimate of drug-likeness (QED) is 0.836. The van der Waals surface area contributed by atoms with Gasteiger partial charge < -0.3 is 5.32 Å². The van der Waals surface area contributed by atoms with Crippen LogP contribution < -0.4 is 11.0 Å². The molecule has 0 bridgehead atoms. The van der Waals surface area contributed by atoms with E-state index in [1.54, 1.807) is 25.2 Å². The molecule has 0 radical (unpaired) electrons. The number of para-hydroxylation sites is 1. The number of likely N-dealkylation sites (tertiary alicyclic amines) is 1. The summed E-state index contributed by atoms with van der Waals surface area (Å²) in [5.74, 6) is 0.490. The highest BCUT2D eigenvalue weighted by atomic mass is 19.1. The fourth-order valence-corrected chi connectivity index (χ4v) is 4.59.